The Labute approximate surface area is 130 Å². The van der Waals surface area contributed by atoms with Crippen LogP contribution in [0.1, 0.15) is 41.0 Å². The predicted molar refractivity (Wildman–Crippen MR) is 73.3 cm³/mol. The van der Waals surface area contributed by atoms with E-state index in [-0.39, 0.29) is 28.9 Å². The third-order valence-corrected chi connectivity index (χ3v) is 4.33. The van der Waals surface area contributed by atoms with Gasteiger partial charge in [-0.1, -0.05) is 0 Å². The number of carbonyl (C=O) groups is 2. The summed E-state index contributed by atoms with van der Waals surface area (Å²) in [5, 5.41) is 0. The van der Waals surface area contributed by atoms with Crippen LogP contribution < -0.4 is 0 Å². The van der Waals surface area contributed by atoms with E-state index < -0.39 is 17.8 Å². The first-order chi connectivity index (χ1) is 10.8. The fourth-order valence-electron chi connectivity index (χ4n) is 3.08. The summed E-state index contributed by atoms with van der Waals surface area (Å²) in [5.41, 5.74) is -1.15. The van der Waals surface area contributed by atoms with Gasteiger partial charge in [-0.15, -0.1) is 0 Å². The Hall–Kier alpha value is -2.18. The van der Waals surface area contributed by atoms with Crippen LogP contribution in [0.4, 0.5) is 13.2 Å². The van der Waals surface area contributed by atoms with Gasteiger partial charge in [-0.05, 0) is 38.3 Å². The van der Waals surface area contributed by atoms with E-state index in [0.29, 0.717) is 12.2 Å². The maximum absolute atomic E-state index is 12.6. The molecule has 1 fully saturated rings. The van der Waals surface area contributed by atoms with Crippen molar-refractivity contribution < 1.29 is 27.5 Å². The molecule has 0 N–H and O–H groups in total. The van der Waals surface area contributed by atoms with Crippen molar-refractivity contribution in [1.29, 1.82) is 0 Å². The summed E-state index contributed by atoms with van der Waals surface area (Å²) in [6.45, 7) is 1.32. The molecule has 0 aliphatic heterocycles. The van der Waals surface area contributed by atoms with Crippen LogP contribution >= 0.6 is 0 Å². The first kappa shape index (κ1) is 15.7. The van der Waals surface area contributed by atoms with Gasteiger partial charge >= 0.3 is 12.1 Å². The fourth-order valence-corrected chi connectivity index (χ4v) is 3.08. The SMILES string of the molecule is Cc1nc(C(F)(F)F)ccc1C(=O)OC1=CC(=O)C2CCC1C2. The van der Waals surface area contributed by atoms with Gasteiger partial charge in [-0.2, -0.15) is 13.2 Å². The van der Waals surface area contributed by atoms with Gasteiger partial charge in [0.2, 0.25) is 0 Å². The summed E-state index contributed by atoms with van der Waals surface area (Å²) in [6.07, 6.45) is -0.995. The Morgan fingerprint density at radius 3 is 2.61 bits per heavy atom. The molecule has 2 atom stereocenters. The fraction of sp³-hybridized carbons (Fsp3) is 0.438. The molecule has 1 heterocycles. The minimum atomic E-state index is -4.57. The molecule has 1 saturated carbocycles. The largest absolute Gasteiger partial charge is 0.433 e. The lowest BCUT2D eigenvalue weighted by Crippen LogP contribution is -2.20. The van der Waals surface area contributed by atoms with E-state index in [4.69, 9.17) is 4.74 Å². The van der Waals surface area contributed by atoms with E-state index in [1.807, 2.05) is 0 Å². The van der Waals surface area contributed by atoms with Gasteiger partial charge in [0.25, 0.3) is 0 Å². The molecule has 2 bridgehead atoms. The third kappa shape index (κ3) is 3.00. The Balaban J connectivity index is 1.80. The van der Waals surface area contributed by atoms with Gasteiger partial charge in [-0.25, -0.2) is 9.78 Å². The Bertz CT molecular complexity index is 709. The molecule has 7 heteroatoms. The summed E-state index contributed by atoms with van der Waals surface area (Å²) in [5.74, 6) is -0.480. The second-order valence-electron chi connectivity index (χ2n) is 5.87. The van der Waals surface area contributed by atoms with Crippen molar-refractivity contribution in [2.75, 3.05) is 0 Å². The average Bonchev–Trinajstić information content (AvgIpc) is 2.89. The zero-order chi connectivity index (χ0) is 16.8. The highest BCUT2D eigenvalue weighted by Crippen LogP contribution is 2.41. The number of halogens is 3. The van der Waals surface area contributed by atoms with Crippen molar-refractivity contribution in [3.63, 3.8) is 0 Å². The van der Waals surface area contributed by atoms with Crippen molar-refractivity contribution in [2.24, 2.45) is 11.8 Å². The number of esters is 1. The number of pyridine rings is 1. The van der Waals surface area contributed by atoms with E-state index >= 15 is 0 Å². The van der Waals surface area contributed by atoms with Crippen LogP contribution in [-0.2, 0) is 15.7 Å². The minimum absolute atomic E-state index is 0.0110. The van der Waals surface area contributed by atoms with Crippen molar-refractivity contribution in [2.45, 2.75) is 32.4 Å². The lowest BCUT2D eigenvalue weighted by atomic mass is 9.93. The van der Waals surface area contributed by atoms with Gasteiger partial charge < -0.3 is 4.74 Å². The van der Waals surface area contributed by atoms with E-state index in [2.05, 4.69) is 4.98 Å². The molecule has 2 aliphatic carbocycles. The van der Waals surface area contributed by atoms with E-state index in [1.165, 1.54) is 13.0 Å². The summed E-state index contributed by atoms with van der Waals surface area (Å²) in [4.78, 5) is 27.4. The highest BCUT2D eigenvalue weighted by Gasteiger charge is 2.38. The van der Waals surface area contributed by atoms with Crippen molar-refractivity contribution in [3.8, 4) is 0 Å². The molecule has 23 heavy (non-hydrogen) atoms. The maximum atomic E-state index is 12.6. The van der Waals surface area contributed by atoms with Crippen LogP contribution in [-0.4, -0.2) is 16.7 Å². The second-order valence-corrected chi connectivity index (χ2v) is 5.87. The number of hydrogen-bond acceptors (Lipinski definition) is 4. The van der Waals surface area contributed by atoms with Crippen LogP contribution in [0.5, 0.6) is 0 Å². The molecular formula is C16H14F3NO3. The normalized spacial score (nSPS) is 23.7. The summed E-state index contributed by atoms with van der Waals surface area (Å²) < 4.78 is 43.0. The Morgan fingerprint density at radius 1 is 1.26 bits per heavy atom. The van der Waals surface area contributed by atoms with Crippen LogP contribution in [0.15, 0.2) is 24.0 Å². The number of aromatic nitrogens is 1. The molecule has 0 radical (unpaired) electrons. The topological polar surface area (TPSA) is 56.3 Å². The molecule has 2 aliphatic rings. The highest BCUT2D eigenvalue weighted by atomic mass is 19.4. The molecule has 2 unspecified atom stereocenters. The van der Waals surface area contributed by atoms with Crippen molar-refractivity contribution >= 4 is 11.8 Å². The number of nitrogens with zero attached hydrogens (tertiary/aromatic N) is 1. The molecule has 0 aromatic carbocycles. The number of hydrogen-bond donors (Lipinski definition) is 0. The molecule has 0 amide bonds. The quantitative estimate of drug-likeness (QED) is 0.782. The van der Waals surface area contributed by atoms with Crippen molar-refractivity contribution in [1.82, 2.24) is 4.98 Å². The predicted octanol–water partition coefficient (Wildman–Crippen LogP) is 3.45. The van der Waals surface area contributed by atoms with E-state index in [0.717, 1.165) is 25.0 Å². The third-order valence-electron chi connectivity index (χ3n) is 4.33. The van der Waals surface area contributed by atoms with E-state index in [1.54, 1.807) is 0 Å². The molecule has 0 saturated heterocycles. The number of ketones is 1. The van der Waals surface area contributed by atoms with Gasteiger partial charge in [-0.3, -0.25) is 4.79 Å². The molecule has 3 rings (SSSR count). The van der Waals surface area contributed by atoms with Gasteiger partial charge in [0.1, 0.15) is 11.5 Å². The molecule has 1 aromatic rings. The summed E-state index contributed by atoms with van der Waals surface area (Å²) >= 11 is 0. The number of ether oxygens (including phenoxy) is 1. The number of alkyl halides is 3. The molecule has 1 aromatic heterocycles. The number of fused-ring (bicyclic) bond motifs is 2. The van der Waals surface area contributed by atoms with Crippen molar-refractivity contribution in [3.05, 3.63) is 40.9 Å². The number of allylic oxidation sites excluding steroid dienone is 2. The molecule has 122 valence electrons. The first-order valence-corrected chi connectivity index (χ1v) is 7.28. The number of rotatable bonds is 2. The Morgan fingerprint density at radius 2 is 1.96 bits per heavy atom. The number of carbonyl (C=O) groups excluding carboxylic acids is 2. The number of aryl methyl sites for hydroxylation is 1. The zero-order valence-corrected chi connectivity index (χ0v) is 12.3. The lowest BCUT2D eigenvalue weighted by molar-refractivity contribution is -0.141. The van der Waals surface area contributed by atoms with Crippen LogP contribution in [0.3, 0.4) is 0 Å². The zero-order valence-electron chi connectivity index (χ0n) is 12.3. The highest BCUT2D eigenvalue weighted by molar-refractivity contribution is 5.95. The average molecular weight is 325 g/mol. The van der Waals surface area contributed by atoms with Gasteiger partial charge in [0.15, 0.2) is 5.78 Å². The summed E-state index contributed by atoms with van der Waals surface area (Å²) in [6, 6.07) is 1.80. The Kier molecular flexibility index (Phi) is 3.74. The van der Waals surface area contributed by atoms with Gasteiger partial charge in [0, 0.05) is 17.9 Å². The summed E-state index contributed by atoms with van der Waals surface area (Å²) in [7, 11) is 0. The van der Waals surface area contributed by atoms with Crippen LogP contribution in [0.25, 0.3) is 0 Å². The molecule has 4 nitrogen and oxygen atoms in total. The lowest BCUT2D eigenvalue weighted by Gasteiger charge is -2.19. The monoisotopic (exact) mass is 325 g/mol. The molecular weight excluding hydrogens is 311 g/mol. The smallest absolute Gasteiger partial charge is 0.427 e. The first-order valence-electron chi connectivity index (χ1n) is 7.28. The second kappa shape index (κ2) is 5.47. The maximum Gasteiger partial charge on any atom is 0.433 e. The van der Waals surface area contributed by atoms with Crippen LogP contribution in [0.2, 0.25) is 0 Å². The van der Waals surface area contributed by atoms with E-state index in [9.17, 15) is 22.8 Å². The minimum Gasteiger partial charge on any atom is -0.427 e. The van der Waals surface area contributed by atoms with Gasteiger partial charge in [0.05, 0.1) is 11.3 Å². The standard InChI is InChI=1S/C16H14F3NO3/c1-8-11(4-5-14(20-8)16(17,18)19)15(22)23-13-7-12(21)9-2-3-10(13)6-9/h4-5,7,9-10H,2-3,6H2,1H3. The van der Waals surface area contributed by atoms with Crippen LogP contribution in [0, 0.1) is 18.8 Å². The molecule has 0 spiro atoms.